The zero-order chi connectivity index (χ0) is 25.6. The zero-order valence-corrected chi connectivity index (χ0v) is 21.1. The number of amides is 2. The van der Waals surface area contributed by atoms with Crippen LogP contribution in [0.5, 0.6) is 0 Å². The minimum absolute atomic E-state index is 0.0142. The standard InChI is InChI=1S/C27H32F2N6O2/c1-30-26(36)34-9-10-35-22(17-34)24(32-25(35)18-5-7-27(28,29)8-6-18)20-4-2-3-19-15-23(31-16-21(19)20)33-11-13-37-14-12-33/h2-4,15-16,18H,5-14,17H2,1H3,(H,30,36). The van der Waals surface area contributed by atoms with Crippen LogP contribution in [-0.2, 0) is 17.8 Å². The number of morpholine rings is 1. The average molecular weight is 511 g/mol. The number of ether oxygens (including phenoxy) is 1. The van der Waals surface area contributed by atoms with Crippen molar-refractivity contribution in [3.8, 4) is 11.3 Å². The summed E-state index contributed by atoms with van der Waals surface area (Å²) >= 11 is 0. The van der Waals surface area contributed by atoms with Crippen LogP contribution in [0.1, 0.15) is 43.1 Å². The second-order valence-corrected chi connectivity index (χ2v) is 10.2. The Bertz CT molecular complexity index is 1310. The first-order chi connectivity index (χ1) is 17.9. The van der Waals surface area contributed by atoms with Crippen molar-refractivity contribution in [2.45, 2.75) is 50.6 Å². The Morgan fingerprint density at radius 3 is 2.68 bits per heavy atom. The predicted octanol–water partition coefficient (Wildman–Crippen LogP) is 4.38. The third-order valence-electron chi connectivity index (χ3n) is 7.96. The Kier molecular flexibility index (Phi) is 6.22. The Morgan fingerprint density at radius 1 is 1.14 bits per heavy atom. The molecule has 0 bridgehead atoms. The van der Waals surface area contributed by atoms with Gasteiger partial charge in [0.15, 0.2) is 0 Å². The minimum Gasteiger partial charge on any atom is -0.378 e. The molecule has 2 aliphatic heterocycles. The van der Waals surface area contributed by atoms with E-state index >= 15 is 0 Å². The second kappa shape index (κ2) is 9.55. The van der Waals surface area contributed by atoms with Gasteiger partial charge in [-0.15, -0.1) is 0 Å². The number of nitrogens with zero attached hydrogens (tertiary/aromatic N) is 5. The maximum atomic E-state index is 13.9. The molecule has 0 spiro atoms. The Balaban J connectivity index is 1.42. The summed E-state index contributed by atoms with van der Waals surface area (Å²) in [5, 5.41) is 4.77. The van der Waals surface area contributed by atoms with Crippen molar-refractivity contribution in [2.24, 2.45) is 0 Å². The van der Waals surface area contributed by atoms with Gasteiger partial charge in [-0.3, -0.25) is 0 Å². The summed E-state index contributed by atoms with van der Waals surface area (Å²) in [5.41, 5.74) is 2.72. The number of imidazole rings is 1. The first-order valence-corrected chi connectivity index (χ1v) is 13.1. The molecule has 1 N–H and O–H groups in total. The number of anilines is 1. The summed E-state index contributed by atoms with van der Waals surface area (Å²) in [6.45, 7) is 4.58. The van der Waals surface area contributed by atoms with Gasteiger partial charge in [-0.2, -0.15) is 0 Å². The number of benzene rings is 1. The number of hydrogen-bond donors (Lipinski definition) is 1. The van der Waals surface area contributed by atoms with Crippen LogP contribution in [-0.4, -0.2) is 71.3 Å². The van der Waals surface area contributed by atoms with Crippen molar-refractivity contribution < 1.29 is 18.3 Å². The third kappa shape index (κ3) is 4.52. The molecule has 0 atom stereocenters. The lowest BCUT2D eigenvalue weighted by molar-refractivity contribution is -0.0390. The Morgan fingerprint density at radius 2 is 1.92 bits per heavy atom. The Labute approximate surface area is 214 Å². The van der Waals surface area contributed by atoms with Gasteiger partial charge in [-0.05, 0) is 24.3 Å². The molecule has 37 heavy (non-hydrogen) atoms. The van der Waals surface area contributed by atoms with E-state index in [2.05, 4.69) is 26.9 Å². The summed E-state index contributed by atoms with van der Waals surface area (Å²) in [6, 6.07) is 8.11. The van der Waals surface area contributed by atoms with Gasteiger partial charge in [0, 0.05) is 69.1 Å². The van der Waals surface area contributed by atoms with Gasteiger partial charge in [0.25, 0.3) is 0 Å². The van der Waals surface area contributed by atoms with Crippen molar-refractivity contribution >= 4 is 22.6 Å². The highest BCUT2D eigenvalue weighted by Crippen LogP contribution is 2.43. The number of hydrogen-bond acceptors (Lipinski definition) is 5. The number of aromatic nitrogens is 3. The van der Waals surface area contributed by atoms with Crippen LogP contribution >= 0.6 is 0 Å². The molecule has 0 radical (unpaired) electrons. The summed E-state index contributed by atoms with van der Waals surface area (Å²) in [6.07, 6.45) is 2.52. The predicted molar refractivity (Wildman–Crippen MR) is 137 cm³/mol. The van der Waals surface area contributed by atoms with Crippen LogP contribution in [0.25, 0.3) is 22.0 Å². The summed E-state index contributed by atoms with van der Waals surface area (Å²) in [4.78, 5) is 26.4. The van der Waals surface area contributed by atoms with E-state index in [9.17, 15) is 13.6 Å². The number of pyridine rings is 1. The van der Waals surface area contributed by atoms with Crippen molar-refractivity contribution in [2.75, 3.05) is 44.8 Å². The smallest absolute Gasteiger partial charge is 0.317 e. The fourth-order valence-electron chi connectivity index (χ4n) is 5.88. The van der Waals surface area contributed by atoms with Crippen molar-refractivity contribution in [3.63, 3.8) is 0 Å². The van der Waals surface area contributed by atoms with E-state index in [-0.39, 0.29) is 24.8 Å². The van der Waals surface area contributed by atoms with Gasteiger partial charge in [0.2, 0.25) is 5.92 Å². The molecule has 3 aliphatic rings. The molecule has 1 saturated carbocycles. The largest absolute Gasteiger partial charge is 0.378 e. The lowest BCUT2D eigenvalue weighted by atomic mass is 9.86. The number of carbonyl (C=O) groups is 1. The molecule has 2 aromatic heterocycles. The van der Waals surface area contributed by atoms with E-state index in [1.54, 1.807) is 11.9 Å². The highest BCUT2D eigenvalue weighted by molar-refractivity contribution is 5.97. The number of carbonyl (C=O) groups excluding carboxylic acids is 1. The van der Waals surface area contributed by atoms with Gasteiger partial charge in [-0.25, -0.2) is 23.5 Å². The number of alkyl halides is 2. The van der Waals surface area contributed by atoms with Gasteiger partial charge < -0.3 is 24.4 Å². The molecular weight excluding hydrogens is 478 g/mol. The van der Waals surface area contributed by atoms with E-state index < -0.39 is 5.92 Å². The van der Waals surface area contributed by atoms with E-state index in [4.69, 9.17) is 14.7 Å². The molecule has 2 fully saturated rings. The molecule has 3 aromatic rings. The molecule has 1 aromatic carbocycles. The first-order valence-electron chi connectivity index (χ1n) is 13.1. The normalized spacial score (nSPS) is 20.2. The van der Waals surface area contributed by atoms with E-state index in [0.717, 1.165) is 52.5 Å². The maximum absolute atomic E-state index is 13.9. The molecule has 6 rings (SSSR count). The van der Waals surface area contributed by atoms with Crippen molar-refractivity contribution in [1.29, 1.82) is 0 Å². The van der Waals surface area contributed by atoms with Crippen molar-refractivity contribution in [3.05, 3.63) is 42.0 Å². The molecule has 2 amide bonds. The molecule has 1 saturated heterocycles. The van der Waals surface area contributed by atoms with E-state index in [1.165, 1.54) is 0 Å². The van der Waals surface area contributed by atoms with Crippen LogP contribution in [0.15, 0.2) is 30.5 Å². The van der Waals surface area contributed by atoms with Gasteiger partial charge in [-0.1, -0.05) is 18.2 Å². The van der Waals surface area contributed by atoms with Gasteiger partial charge in [0.05, 0.1) is 31.1 Å². The minimum atomic E-state index is -2.59. The van der Waals surface area contributed by atoms with Gasteiger partial charge >= 0.3 is 6.03 Å². The number of fused-ring (bicyclic) bond motifs is 2. The van der Waals surface area contributed by atoms with E-state index in [0.29, 0.717) is 45.7 Å². The first kappa shape index (κ1) is 24.1. The monoisotopic (exact) mass is 510 g/mol. The molecule has 8 nitrogen and oxygen atoms in total. The quantitative estimate of drug-likeness (QED) is 0.566. The maximum Gasteiger partial charge on any atom is 0.317 e. The van der Waals surface area contributed by atoms with E-state index in [1.807, 2.05) is 18.3 Å². The molecule has 196 valence electrons. The molecule has 0 unspecified atom stereocenters. The highest BCUT2D eigenvalue weighted by atomic mass is 19.3. The van der Waals surface area contributed by atoms with Crippen LogP contribution in [0.4, 0.5) is 19.4 Å². The molecule has 4 heterocycles. The topological polar surface area (TPSA) is 75.5 Å². The second-order valence-electron chi connectivity index (χ2n) is 10.2. The van der Waals surface area contributed by atoms with Crippen LogP contribution in [0.3, 0.4) is 0 Å². The summed E-state index contributed by atoms with van der Waals surface area (Å²) in [5.74, 6) is -0.812. The molecular formula is C27H32F2N6O2. The molecule has 1 aliphatic carbocycles. The number of nitrogens with one attached hydrogen (secondary N) is 1. The highest BCUT2D eigenvalue weighted by Gasteiger charge is 2.38. The fourth-order valence-corrected chi connectivity index (χ4v) is 5.88. The van der Waals surface area contributed by atoms with Crippen molar-refractivity contribution in [1.82, 2.24) is 24.8 Å². The van der Waals surface area contributed by atoms with Gasteiger partial charge in [0.1, 0.15) is 11.6 Å². The van der Waals surface area contributed by atoms with Crippen LogP contribution in [0, 0.1) is 0 Å². The number of halogens is 2. The summed E-state index contributed by atoms with van der Waals surface area (Å²) in [7, 11) is 1.63. The van der Waals surface area contributed by atoms with Crippen LogP contribution in [0.2, 0.25) is 0 Å². The number of urea groups is 1. The average Bonchev–Trinajstić information content (AvgIpc) is 3.31. The Hall–Kier alpha value is -3.27. The number of rotatable bonds is 3. The van der Waals surface area contributed by atoms with Crippen LogP contribution < -0.4 is 10.2 Å². The summed E-state index contributed by atoms with van der Waals surface area (Å²) < 4.78 is 35.5. The fraction of sp³-hybridized carbons (Fsp3) is 0.519. The third-order valence-corrected chi connectivity index (χ3v) is 7.96. The lowest BCUT2D eigenvalue weighted by Crippen LogP contribution is -2.43. The lowest BCUT2D eigenvalue weighted by Gasteiger charge is -2.32. The zero-order valence-electron chi connectivity index (χ0n) is 21.1. The SMILES string of the molecule is CNC(=O)N1CCn2c(C3CCC(F)(F)CC3)nc(-c3cccc4cc(N5CCOCC5)ncc34)c2C1. The molecule has 10 heteroatoms.